The molecule has 4 nitrogen and oxygen atoms in total. The zero-order valence-electron chi connectivity index (χ0n) is 14.0. The molecule has 6 heteroatoms. The van der Waals surface area contributed by atoms with E-state index in [4.69, 9.17) is 0 Å². The number of hydrogen-bond donors (Lipinski definition) is 2. The predicted octanol–water partition coefficient (Wildman–Crippen LogP) is 5.05. The number of halogens is 1. The molecule has 0 bridgehead atoms. The maximum Gasteiger partial charge on any atom is 0.232 e. The van der Waals surface area contributed by atoms with Gasteiger partial charge in [-0.05, 0) is 54.3 Å². The van der Waals surface area contributed by atoms with Crippen LogP contribution < -0.4 is 5.32 Å². The first kappa shape index (κ1) is 15.5. The van der Waals surface area contributed by atoms with Crippen LogP contribution in [0.5, 0.6) is 0 Å². The normalized spacial score (nSPS) is 19.2. The van der Waals surface area contributed by atoms with Crippen molar-refractivity contribution in [2.45, 2.75) is 19.5 Å². The Morgan fingerprint density at radius 3 is 2.96 bits per heavy atom. The zero-order valence-corrected chi connectivity index (χ0v) is 14.9. The summed E-state index contributed by atoms with van der Waals surface area (Å²) in [7, 11) is 0. The molecule has 0 saturated heterocycles. The third-order valence-electron chi connectivity index (χ3n) is 4.90. The van der Waals surface area contributed by atoms with Gasteiger partial charge in [-0.3, -0.25) is 4.79 Å². The minimum Gasteiger partial charge on any atom is -0.361 e. The number of aryl methyl sites for hydroxylation is 1. The van der Waals surface area contributed by atoms with Crippen molar-refractivity contribution in [3.63, 3.8) is 0 Å². The van der Waals surface area contributed by atoms with E-state index in [-0.39, 0.29) is 5.91 Å². The maximum absolute atomic E-state index is 13.0. The van der Waals surface area contributed by atoms with Crippen LogP contribution >= 0.6 is 11.3 Å². The minimum absolute atomic E-state index is 0.273. The number of carbonyl (C=O) groups is 1. The van der Waals surface area contributed by atoms with Crippen molar-refractivity contribution in [3.8, 4) is 11.1 Å². The molecule has 5 rings (SSSR count). The molecule has 1 unspecified atom stereocenters. The van der Waals surface area contributed by atoms with E-state index in [0.29, 0.717) is 11.6 Å². The van der Waals surface area contributed by atoms with E-state index in [1.807, 2.05) is 18.3 Å². The van der Waals surface area contributed by atoms with Crippen molar-refractivity contribution < 1.29 is 9.18 Å². The van der Waals surface area contributed by atoms with Crippen LogP contribution in [-0.2, 0) is 4.79 Å². The van der Waals surface area contributed by atoms with Crippen LogP contribution in [0, 0.1) is 12.8 Å². The fourth-order valence-electron chi connectivity index (χ4n) is 3.40. The highest BCUT2D eigenvalue weighted by molar-refractivity contribution is 7.22. The van der Waals surface area contributed by atoms with E-state index in [2.05, 4.69) is 46.5 Å². The van der Waals surface area contributed by atoms with Gasteiger partial charge in [0.2, 0.25) is 5.91 Å². The number of amides is 1. The lowest BCUT2D eigenvalue weighted by Crippen LogP contribution is -2.14. The number of aromatic amines is 1. The largest absolute Gasteiger partial charge is 0.361 e. The lowest BCUT2D eigenvalue weighted by atomic mass is 9.97. The molecule has 1 saturated carbocycles. The standard InChI is InChI=1S/C20H16FN3OS/c1-10-2-4-15-12(6-7-22-15)18(10)11-3-5-17-16(8-11)23-20(26-17)24-19(25)13-9-14(13)21/h2-8,13-14,22H,9H2,1H3,(H,23,24,25)/t13?,14-/m0/s1. The highest BCUT2D eigenvalue weighted by atomic mass is 32.1. The van der Waals surface area contributed by atoms with E-state index in [0.717, 1.165) is 21.3 Å². The molecule has 1 aliphatic carbocycles. The molecular weight excluding hydrogens is 349 g/mol. The topological polar surface area (TPSA) is 57.8 Å². The van der Waals surface area contributed by atoms with E-state index in [1.165, 1.54) is 27.8 Å². The first-order chi connectivity index (χ1) is 12.6. The summed E-state index contributed by atoms with van der Waals surface area (Å²) in [5.41, 5.74) is 5.41. The third-order valence-corrected chi connectivity index (χ3v) is 5.85. The van der Waals surface area contributed by atoms with E-state index in [9.17, 15) is 9.18 Å². The second-order valence-corrected chi connectivity index (χ2v) is 7.78. The summed E-state index contributed by atoms with van der Waals surface area (Å²) >= 11 is 1.41. The van der Waals surface area contributed by atoms with Gasteiger partial charge in [0.05, 0.1) is 16.1 Å². The molecule has 26 heavy (non-hydrogen) atoms. The van der Waals surface area contributed by atoms with Crippen molar-refractivity contribution >= 4 is 43.5 Å². The second kappa shape index (κ2) is 5.64. The van der Waals surface area contributed by atoms with Gasteiger partial charge in [0.1, 0.15) is 6.17 Å². The predicted molar refractivity (Wildman–Crippen MR) is 103 cm³/mol. The molecule has 2 heterocycles. The molecule has 1 amide bonds. The highest BCUT2D eigenvalue weighted by Gasteiger charge is 2.43. The quantitative estimate of drug-likeness (QED) is 0.534. The van der Waals surface area contributed by atoms with Crippen molar-refractivity contribution in [2.24, 2.45) is 5.92 Å². The van der Waals surface area contributed by atoms with E-state index >= 15 is 0 Å². The van der Waals surface area contributed by atoms with Crippen LogP contribution in [0.4, 0.5) is 9.52 Å². The number of nitrogens with one attached hydrogen (secondary N) is 2. The van der Waals surface area contributed by atoms with E-state index < -0.39 is 12.1 Å². The number of H-pyrrole nitrogens is 1. The Hall–Kier alpha value is -2.73. The highest BCUT2D eigenvalue weighted by Crippen LogP contribution is 2.37. The molecular formula is C20H16FN3OS. The smallest absolute Gasteiger partial charge is 0.232 e. The van der Waals surface area contributed by atoms with Crippen molar-refractivity contribution in [1.82, 2.24) is 9.97 Å². The second-order valence-electron chi connectivity index (χ2n) is 6.75. The molecule has 2 N–H and O–H groups in total. The molecule has 0 radical (unpaired) electrons. The fourth-order valence-corrected chi connectivity index (χ4v) is 4.24. The number of nitrogens with zero attached hydrogens (tertiary/aromatic N) is 1. The monoisotopic (exact) mass is 365 g/mol. The Bertz CT molecular complexity index is 1160. The third kappa shape index (κ3) is 2.49. The Morgan fingerprint density at radius 2 is 2.15 bits per heavy atom. The number of benzene rings is 2. The molecule has 4 aromatic rings. The molecule has 0 spiro atoms. The van der Waals surface area contributed by atoms with Gasteiger partial charge in [-0.2, -0.15) is 0 Å². The summed E-state index contributed by atoms with van der Waals surface area (Å²) in [4.78, 5) is 19.7. The first-order valence-electron chi connectivity index (χ1n) is 8.53. The fraction of sp³-hybridized carbons (Fsp3) is 0.200. The Kier molecular flexibility index (Phi) is 3.37. The molecule has 0 aliphatic heterocycles. The lowest BCUT2D eigenvalue weighted by Gasteiger charge is -2.08. The van der Waals surface area contributed by atoms with Crippen LogP contribution in [0.15, 0.2) is 42.6 Å². The first-order valence-corrected chi connectivity index (χ1v) is 9.34. The molecule has 2 aromatic carbocycles. The summed E-state index contributed by atoms with van der Waals surface area (Å²) < 4.78 is 14.0. The van der Waals surface area contributed by atoms with Gasteiger partial charge < -0.3 is 10.3 Å². The number of rotatable bonds is 3. The Morgan fingerprint density at radius 1 is 1.31 bits per heavy atom. The summed E-state index contributed by atoms with van der Waals surface area (Å²) in [6, 6.07) is 12.4. The van der Waals surface area contributed by atoms with Crippen LogP contribution in [0.1, 0.15) is 12.0 Å². The van der Waals surface area contributed by atoms with Crippen molar-refractivity contribution in [2.75, 3.05) is 5.32 Å². The minimum atomic E-state index is -0.999. The van der Waals surface area contributed by atoms with Gasteiger partial charge in [-0.1, -0.05) is 23.5 Å². The number of aromatic nitrogens is 2. The number of alkyl halides is 1. The van der Waals surface area contributed by atoms with Gasteiger partial charge in [0.25, 0.3) is 0 Å². The van der Waals surface area contributed by atoms with Crippen molar-refractivity contribution in [3.05, 3.63) is 48.2 Å². The summed E-state index contributed by atoms with van der Waals surface area (Å²) in [5, 5.41) is 4.45. The average Bonchev–Trinajstić information content (AvgIpc) is 3.02. The number of carbonyl (C=O) groups excluding carboxylic acids is 1. The van der Waals surface area contributed by atoms with Crippen LogP contribution in [-0.4, -0.2) is 22.0 Å². The molecule has 2 aromatic heterocycles. The summed E-state index contributed by atoms with van der Waals surface area (Å²) in [6.45, 7) is 2.10. The van der Waals surface area contributed by atoms with Gasteiger partial charge in [-0.25, -0.2) is 9.37 Å². The SMILES string of the molecule is Cc1ccc2[nH]ccc2c1-c1ccc2sc(NC(=O)C3C[C@@H]3F)nc2c1. The maximum atomic E-state index is 13.0. The van der Waals surface area contributed by atoms with Crippen LogP contribution in [0.3, 0.4) is 0 Å². The van der Waals surface area contributed by atoms with E-state index in [1.54, 1.807) is 0 Å². The van der Waals surface area contributed by atoms with Crippen LogP contribution in [0.2, 0.25) is 0 Å². The Labute approximate surface area is 153 Å². The number of hydrogen-bond acceptors (Lipinski definition) is 3. The molecule has 1 aliphatic rings. The van der Waals surface area contributed by atoms with Crippen molar-refractivity contribution in [1.29, 1.82) is 0 Å². The lowest BCUT2D eigenvalue weighted by molar-refractivity contribution is -0.117. The summed E-state index contributed by atoms with van der Waals surface area (Å²) in [6.07, 6.45) is 1.26. The van der Waals surface area contributed by atoms with Gasteiger partial charge in [0, 0.05) is 17.1 Å². The number of anilines is 1. The van der Waals surface area contributed by atoms with Gasteiger partial charge in [0.15, 0.2) is 5.13 Å². The molecule has 130 valence electrons. The molecule has 1 fully saturated rings. The van der Waals surface area contributed by atoms with Gasteiger partial charge in [-0.15, -0.1) is 0 Å². The number of fused-ring (bicyclic) bond motifs is 2. The number of thiazole rings is 1. The van der Waals surface area contributed by atoms with Crippen LogP contribution in [0.25, 0.3) is 32.2 Å². The Balaban J connectivity index is 1.54. The molecule has 2 atom stereocenters. The van der Waals surface area contributed by atoms with Gasteiger partial charge >= 0.3 is 0 Å². The summed E-state index contributed by atoms with van der Waals surface area (Å²) in [5.74, 6) is -0.781. The average molecular weight is 365 g/mol. The zero-order chi connectivity index (χ0) is 17.8.